The highest BCUT2D eigenvalue weighted by atomic mass is 35.5. The number of fused-ring (bicyclic) bond motifs is 1. The van der Waals surface area contributed by atoms with Crippen LogP contribution < -0.4 is 19.5 Å². The van der Waals surface area contributed by atoms with Crippen LogP contribution in [0.25, 0.3) is 0 Å². The van der Waals surface area contributed by atoms with Gasteiger partial charge in [-0.05, 0) is 31.5 Å². The summed E-state index contributed by atoms with van der Waals surface area (Å²) in [5, 5.41) is 12.0. The molecule has 1 saturated heterocycles. The minimum atomic E-state index is -0.862. The van der Waals surface area contributed by atoms with Crippen molar-refractivity contribution >= 4 is 24.3 Å². The lowest BCUT2D eigenvalue weighted by atomic mass is 10.0. The van der Waals surface area contributed by atoms with Crippen molar-refractivity contribution in [3.63, 3.8) is 0 Å². The summed E-state index contributed by atoms with van der Waals surface area (Å²) in [5.41, 5.74) is 0. The van der Waals surface area contributed by atoms with Crippen LogP contribution in [0.5, 0.6) is 17.2 Å². The monoisotopic (exact) mass is 386 g/mol. The molecule has 1 fully saturated rings. The fourth-order valence-electron chi connectivity index (χ4n) is 3.03. The quantitative estimate of drug-likeness (QED) is 0.681. The van der Waals surface area contributed by atoms with Crippen molar-refractivity contribution in [3.05, 3.63) is 18.2 Å². The van der Waals surface area contributed by atoms with Gasteiger partial charge in [0, 0.05) is 6.07 Å². The molecule has 2 N–H and O–H groups in total. The molecule has 1 aromatic rings. The van der Waals surface area contributed by atoms with Crippen LogP contribution in [0, 0.1) is 0 Å². The molecule has 0 saturated carbocycles. The van der Waals surface area contributed by atoms with Gasteiger partial charge in [0.25, 0.3) is 0 Å². The average Bonchev–Trinajstić information content (AvgIpc) is 3.07. The van der Waals surface area contributed by atoms with Crippen LogP contribution >= 0.6 is 12.4 Å². The first-order valence-electron chi connectivity index (χ1n) is 8.39. The standard InChI is InChI=1S/C17H22N2O6.ClH/c20-16(10-19-7-2-1-3-13(19)17(21)22)18-6-8-23-12-4-5-14-15(9-12)25-11-24-14;/h4-5,9,13H,1-3,6-8,10-11H2,(H,18,20)(H,21,22);1H. The predicted octanol–water partition coefficient (Wildman–Crippen LogP) is 1.27. The van der Waals surface area contributed by atoms with Gasteiger partial charge in [0.2, 0.25) is 12.7 Å². The van der Waals surface area contributed by atoms with E-state index in [-0.39, 0.29) is 31.7 Å². The highest BCUT2D eigenvalue weighted by Gasteiger charge is 2.29. The van der Waals surface area contributed by atoms with Gasteiger partial charge in [-0.15, -0.1) is 12.4 Å². The molecule has 26 heavy (non-hydrogen) atoms. The number of nitrogens with zero attached hydrogens (tertiary/aromatic N) is 1. The summed E-state index contributed by atoms with van der Waals surface area (Å²) in [6.07, 6.45) is 2.40. The van der Waals surface area contributed by atoms with Crippen LogP contribution in [0.4, 0.5) is 0 Å². The van der Waals surface area contributed by atoms with Crippen LogP contribution in [0.1, 0.15) is 19.3 Å². The van der Waals surface area contributed by atoms with Crippen LogP contribution in [0.2, 0.25) is 0 Å². The lowest BCUT2D eigenvalue weighted by Crippen LogP contribution is -2.49. The van der Waals surface area contributed by atoms with E-state index in [0.717, 1.165) is 12.8 Å². The number of carboxylic acid groups (broad SMARTS) is 1. The van der Waals surface area contributed by atoms with E-state index in [1.165, 1.54) is 0 Å². The third-order valence-corrected chi connectivity index (χ3v) is 4.28. The molecule has 2 aliphatic heterocycles. The minimum Gasteiger partial charge on any atom is -0.492 e. The zero-order valence-corrected chi connectivity index (χ0v) is 15.1. The summed E-state index contributed by atoms with van der Waals surface area (Å²) in [7, 11) is 0. The number of rotatable bonds is 7. The topological polar surface area (TPSA) is 97.3 Å². The van der Waals surface area contributed by atoms with Crippen molar-refractivity contribution in [3.8, 4) is 17.2 Å². The van der Waals surface area contributed by atoms with E-state index >= 15 is 0 Å². The van der Waals surface area contributed by atoms with Crippen molar-refractivity contribution < 1.29 is 28.9 Å². The molecular weight excluding hydrogens is 364 g/mol. The SMILES string of the molecule is Cl.O=C(CN1CCCCC1C(=O)O)NCCOc1ccc2c(c1)OCO2. The zero-order chi connectivity index (χ0) is 17.6. The zero-order valence-electron chi connectivity index (χ0n) is 14.3. The second kappa shape index (κ2) is 9.49. The predicted molar refractivity (Wildman–Crippen MR) is 95.2 cm³/mol. The van der Waals surface area contributed by atoms with Crippen molar-refractivity contribution in [2.24, 2.45) is 0 Å². The van der Waals surface area contributed by atoms with Gasteiger partial charge in [-0.2, -0.15) is 0 Å². The molecule has 2 aliphatic rings. The largest absolute Gasteiger partial charge is 0.492 e. The minimum absolute atomic E-state index is 0. The number of hydrogen-bond acceptors (Lipinski definition) is 6. The van der Waals surface area contributed by atoms with E-state index in [4.69, 9.17) is 14.2 Å². The van der Waals surface area contributed by atoms with Gasteiger partial charge in [0.1, 0.15) is 18.4 Å². The lowest BCUT2D eigenvalue weighted by molar-refractivity contribution is -0.145. The fraction of sp³-hybridized carbons (Fsp3) is 0.529. The molecule has 144 valence electrons. The first-order chi connectivity index (χ1) is 12.1. The molecule has 1 atom stereocenters. The van der Waals surface area contributed by atoms with E-state index in [0.29, 0.717) is 43.4 Å². The summed E-state index contributed by atoms with van der Waals surface area (Å²) < 4.78 is 16.1. The summed E-state index contributed by atoms with van der Waals surface area (Å²) >= 11 is 0. The van der Waals surface area contributed by atoms with Crippen molar-refractivity contribution in [2.75, 3.05) is 33.0 Å². The highest BCUT2D eigenvalue weighted by Crippen LogP contribution is 2.34. The maximum atomic E-state index is 12.0. The van der Waals surface area contributed by atoms with Crippen LogP contribution in [0.3, 0.4) is 0 Å². The van der Waals surface area contributed by atoms with E-state index < -0.39 is 12.0 Å². The van der Waals surface area contributed by atoms with Gasteiger partial charge in [-0.3, -0.25) is 14.5 Å². The molecule has 0 aromatic heterocycles. The number of piperidine rings is 1. The van der Waals surface area contributed by atoms with E-state index in [1.54, 1.807) is 23.1 Å². The molecule has 1 unspecified atom stereocenters. The summed E-state index contributed by atoms with van der Waals surface area (Å²) in [6.45, 7) is 1.61. The van der Waals surface area contributed by atoms with Crippen LogP contribution in [-0.2, 0) is 9.59 Å². The first-order valence-corrected chi connectivity index (χ1v) is 8.39. The Balaban J connectivity index is 0.00000243. The van der Waals surface area contributed by atoms with Gasteiger partial charge in [-0.25, -0.2) is 0 Å². The fourth-order valence-corrected chi connectivity index (χ4v) is 3.03. The summed E-state index contributed by atoms with van der Waals surface area (Å²) in [6, 6.07) is 4.73. The maximum Gasteiger partial charge on any atom is 0.320 e. The average molecular weight is 387 g/mol. The molecule has 3 rings (SSSR count). The Labute approximate surface area is 157 Å². The Morgan fingerprint density at radius 3 is 2.88 bits per heavy atom. The lowest BCUT2D eigenvalue weighted by Gasteiger charge is -2.32. The first kappa shape index (κ1) is 20.1. The number of halogens is 1. The van der Waals surface area contributed by atoms with Gasteiger partial charge in [0.05, 0.1) is 13.1 Å². The molecule has 1 amide bonds. The second-order valence-corrected chi connectivity index (χ2v) is 6.03. The second-order valence-electron chi connectivity index (χ2n) is 6.03. The molecular formula is C17H23ClN2O6. The van der Waals surface area contributed by atoms with Crippen LogP contribution in [0.15, 0.2) is 18.2 Å². The van der Waals surface area contributed by atoms with Gasteiger partial charge >= 0.3 is 5.97 Å². The van der Waals surface area contributed by atoms with Crippen molar-refractivity contribution in [1.82, 2.24) is 10.2 Å². The Bertz CT molecular complexity index is 642. The number of aliphatic carboxylic acids is 1. The highest BCUT2D eigenvalue weighted by molar-refractivity contribution is 5.85. The molecule has 9 heteroatoms. The Morgan fingerprint density at radius 1 is 1.27 bits per heavy atom. The summed E-state index contributed by atoms with van der Waals surface area (Å²) in [4.78, 5) is 25.0. The molecule has 0 radical (unpaired) electrons. The number of amides is 1. The van der Waals surface area contributed by atoms with Crippen LogP contribution in [-0.4, -0.2) is 61.0 Å². The molecule has 0 spiro atoms. The number of ether oxygens (including phenoxy) is 3. The molecule has 0 bridgehead atoms. The third-order valence-electron chi connectivity index (χ3n) is 4.28. The van der Waals surface area contributed by atoms with Gasteiger partial charge in [0.15, 0.2) is 11.5 Å². The third kappa shape index (κ3) is 5.15. The normalized spacial score (nSPS) is 18.7. The molecule has 2 heterocycles. The molecule has 1 aromatic carbocycles. The molecule has 8 nitrogen and oxygen atoms in total. The van der Waals surface area contributed by atoms with Gasteiger partial charge in [-0.1, -0.05) is 6.42 Å². The smallest absolute Gasteiger partial charge is 0.320 e. The van der Waals surface area contributed by atoms with Gasteiger partial charge < -0.3 is 24.6 Å². The number of carbonyl (C=O) groups excluding carboxylic acids is 1. The maximum absolute atomic E-state index is 12.0. The Morgan fingerprint density at radius 2 is 2.08 bits per heavy atom. The van der Waals surface area contributed by atoms with E-state index in [9.17, 15) is 14.7 Å². The number of carboxylic acids is 1. The number of carbonyl (C=O) groups is 2. The number of likely N-dealkylation sites (tertiary alicyclic amines) is 1. The number of benzene rings is 1. The Kier molecular flexibility index (Phi) is 7.35. The van der Waals surface area contributed by atoms with E-state index in [2.05, 4.69) is 5.32 Å². The molecule has 0 aliphatic carbocycles. The Hall–Kier alpha value is -2.19. The number of nitrogens with one attached hydrogen (secondary N) is 1. The summed E-state index contributed by atoms with van der Waals surface area (Å²) in [5.74, 6) is 0.920. The van der Waals surface area contributed by atoms with Crippen molar-refractivity contribution in [1.29, 1.82) is 0 Å². The van der Waals surface area contributed by atoms with Crippen molar-refractivity contribution in [2.45, 2.75) is 25.3 Å². The van der Waals surface area contributed by atoms with E-state index in [1.807, 2.05) is 0 Å². The number of hydrogen-bond donors (Lipinski definition) is 2.